The van der Waals surface area contributed by atoms with E-state index >= 15 is 0 Å². The van der Waals surface area contributed by atoms with Gasteiger partial charge < -0.3 is 29.0 Å². The molecule has 0 amide bonds. The van der Waals surface area contributed by atoms with E-state index in [-0.39, 0.29) is 18.5 Å². The van der Waals surface area contributed by atoms with E-state index in [1.807, 2.05) is 0 Å². The first-order valence-electron chi connectivity index (χ1n) is 14.0. The number of hydrogen-bond donors (Lipinski definition) is 2. The van der Waals surface area contributed by atoms with Gasteiger partial charge in [0.15, 0.2) is 18.1 Å². The summed E-state index contributed by atoms with van der Waals surface area (Å²) in [6.45, 7) is 7.04. The Labute approximate surface area is 235 Å². The van der Waals surface area contributed by atoms with Crippen LogP contribution >= 0.6 is 7.52 Å². The molecule has 2 atom stereocenters. The Balaban J connectivity index is 1.63. The number of anilines is 1. The highest BCUT2D eigenvalue weighted by Gasteiger charge is 2.39. The standard InChI is InChI=1S/C26H43N6O7P/c1-5-6-7-10-13-36-25(34)26(3,4)31-40(35,38-15-21(33)39-20-11-8-9-12-20)18-37-19(2)14-32-17-30-22-23(27)28-16-29-24(22)32/h16-17,19-20H,5-15,18H2,1-4H3,(H,31,35)(H2,27,28,29). The smallest absolute Gasteiger partial charge is 0.332 e. The fraction of sp³-hybridized carbons (Fsp3) is 0.731. The number of fused-ring (bicyclic) bond motifs is 1. The number of nitrogens with zero attached hydrogens (tertiary/aromatic N) is 4. The van der Waals surface area contributed by atoms with Crippen molar-refractivity contribution in [2.45, 2.75) is 103 Å². The Bertz CT molecular complexity index is 1170. The summed E-state index contributed by atoms with van der Waals surface area (Å²) in [6.07, 6.45) is 9.36. The first kappa shape index (κ1) is 31.9. The Morgan fingerprint density at radius 1 is 1.20 bits per heavy atom. The number of imidazole rings is 1. The van der Waals surface area contributed by atoms with Crippen LogP contribution in [0.2, 0.25) is 0 Å². The van der Waals surface area contributed by atoms with Crippen LogP contribution in [0.15, 0.2) is 12.7 Å². The van der Waals surface area contributed by atoms with Crippen LogP contribution in [0.25, 0.3) is 11.2 Å². The maximum atomic E-state index is 13.9. The molecule has 40 heavy (non-hydrogen) atoms. The number of unbranched alkanes of at least 4 members (excludes halogenated alkanes) is 3. The van der Waals surface area contributed by atoms with E-state index in [9.17, 15) is 14.2 Å². The van der Waals surface area contributed by atoms with Crippen LogP contribution in [-0.2, 0) is 39.4 Å². The van der Waals surface area contributed by atoms with Gasteiger partial charge in [0.05, 0.1) is 25.6 Å². The molecule has 2 unspecified atom stereocenters. The fourth-order valence-electron chi connectivity index (χ4n) is 4.42. The highest BCUT2D eigenvalue weighted by atomic mass is 31.2. The largest absolute Gasteiger partial charge is 0.464 e. The SMILES string of the molecule is CCCCCCOC(=O)C(C)(C)NP(=O)(COC(C)Cn1cnc2c(N)ncnc21)OCC(=O)OC1CCCC1. The number of carbonyl (C=O) groups excluding carboxylic acids is 2. The van der Waals surface area contributed by atoms with Crippen LogP contribution in [0, 0.1) is 0 Å². The highest BCUT2D eigenvalue weighted by molar-refractivity contribution is 7.56. The second kappa shape index (κ2) is 14.9. The lowest BCUT2D eigenvalue weighted by molar-refractivity contribution is -0.151. The van der Waals surface area contributed by atoms with E-state index in [0.29, 0.717) is 17.7 Å². The number of aromatic nitrogens is 4. The third-order valence-corrected chi connectivity index (χ3v) is 8.53. The van der Waals surface area contributed by atoms with Gasteiger partial charge in [0.25, 0.3) is 7.52 Å². The van der Waals surface area contributed by atoms with Crippen molar-refractivity contribution in [3.05, 3.63) is 12.7 Å². The van der Waals surface area contributed by atoms with Gasteiger partial charge in [-0.15, -0.1) is 0 Å². The number of nitrogens with two attached hydrogens (primary N) is 1. The lowest BCUT2D eigenvalue weighted by Crippen LogP contribution is -2.47. The van der Waals surface area contributed by atoms with E-state index in [1.54, 1.807) is 31.7 Å². The van der Waals surface area contributed by atoms with Crippen molar-refractivity contribution >= 4 is 36.4 Å². The van der Waals surface area contributed by atoms with E-state index in [1.165, 1.54) is 6.33 Å². The minimum atomic E-state index is -3.89. The van der Waals surface area contributed by atoms with Gasteiger partial charge in [0.2, 0.25) is 0 Å². The molecule has 0 radical (unpaired) electrons. The lowest BCUT2D eigenvalue weighted by atomic mass is 10.1. The topological polar surface area (TPSA) is 170 Å². The van der Waals surface area contributed by atoms with Crippen LogP contribution in [0.1, 0.15) is 79.1 Å². The molecule has 13 nitrogen and oxygen atoms in total. The Morgan fingerprint density at radius 3 is 2.67 bits per heavy atom. The molecule has 3 rings (SSSR count). The molecule has 14 heteroatoms. The molecular formula is C26H43N6O7P. The maximum Gasteiger partial charge on any atom is 0.332 e. The van der Waals surface area contributed by atoms with Crippen LogP contribution in [0.4, 0.5) is 5.82 Å². The zero-order valence-electron chi connectivity index (χ0n) is 24.0. The van der Waals surface area contributed by atoms with Gasteiger partial charge in [-0.2, -0.15) is 0 Å². The van der Waals surface area contributed by atoms with E-state index in [4.69, 9.17) is 24.5 Å². The van der Waals surface area contributed by atoms with Crippen LogP contribution in [0.3, 0.4) is 0 Å². The molecule has 1 saturated carbocycles. The number of ether oxygens (including phenoxy) is 3. The average Bonchev–Trinajstić information content (AvgIpc) is 3.57. The van der Waals surface area contributed by atoms with Gasteiger partial charge in [-0.05, 0) is 52.9 Å². The molecule has 2 aromatic heterocycles. The normalized spacial score (nSPS) is 16.6. The summed E-state index contributed by atoms with van der Waals surface area (Å²) >= 11 is 0. The molecule has 1 aliphatic rings. The third-order valence-electron chi connectivity index (χ3n) is 6.59. The zero-order valence-corrected chi connectivity index (χ0v) is 24.9. The summed E-state index contributed by atoms with van der Waals surface area (Å²) in [5.74, 6) is -0.916. The molecule has 0 aromatic carbocycles. The maximum absolute atomic E-state index is 13.9. The molecule has 3 N–H and O–H groups in total. The van der Waals surface area contributed by atoms with Crippen molar-refractivity contribution in [3.63, 3.8) is 0 Å². The first-order chi connectivity index (χ1) is 19.0. The predicted molar refractivity (Wildman–Crippen MR) is 149 cm³/mol. The summed E-state index contributed by atoms with van der Waals surface area (Å²) in [6, 6.07) is 0. The predicted octanol–water partition coefficient (Wildman–Crippen LogP) is 3.96. The van der Waals surface area contributed by atoms with Gasteiger partial charge in [0, 0.05) is 0 Å². The molecule has 0 saturated heterocycles. The summed E-state index contributed by atoms with van der Waals surface area (Å²) < 4.78 is 38.0. The van der Waals surface area contributed by atoms with Gasteiger partial charge in [-0.1, -0.05) is 26.2 Å². The molecule has 0 spiro atoms. The Morgan fingerprint density at radius 2 is 1.95 bits per heavy atom. The van der Waals surface area contributed by atoms with Gasteiger partial charge in [0.1, 0.15) is 29.8 Å². The number of nitrogen functional groups attached to an aromatic ring is 1. The van der Waals surface area contributed by atoms with Crippen molar-refractivity contribution in [3.8, 4) is 0 Å². The van der Waals surface area contributed by atoms with Gasteiger partial charge >= 0.3 is 11.9 Å². The number of carbonyl (C=O) groups is 2. The zero-order chi connectivity index (χ0) is 29.2. The van der Waals surface area contributed by atoms with Gasteiger partial charge in [-0.25, -0.2) is 24.8 Å². The summed E-state index contributed by atoms with van der Waals surface area (Å²) in [5.41, 5.74) is 5.51. The van der Waals surface area contributed by atoms with Crippen molar-refractivity contribution in [1.82, 2.24) is 24.6 Å². The number of nitrogens with one attached hydrogen (secondary N) is 1. The second-order valence-corrected chi connectivity index (χ2v) is 12.8. The highest BCUT2D eigenvalue weighted by Crippen LogP contribution is 2.45. The van der Waals surface area contributed by atoms with Crippen LogP contribution in [-0.4, -0.2) is 68.8 Å². The van der Waals surface area contributed by atoms with Crippen molar-refractivity contribution < 1.29 is 32.9 Å². The molecule has 1 aliphatic carbocycles. The molecule has 2 heterocycles. The first-order valence-corrected chi connectivity index (χ1v) is 15.8. The minimum Gasteiger partial charge on any atom is -0.464 e. The Kier molecular flexibility index (Phi) is 11.9. The third kappa shape index (κ3) is 9.50. The van der Waals surface area contributed by atoms with Gasteiger partial charge in [-0.3, -0.25) is 9.36 Å². The van der Waals surface area contributed by atoms with E-state index in [2.05, 4.69) is 27.0 Å². The molecule has 0 aliphatic heterocycles. The number of esters is 2. The minimum absolute atomic E-state index is 0.151. The Hall–Kier alpha value is -2.60. The molecule has 0 bridgehead atoms. The monoisotopic (exact) mass is 582 g/mol. The molecular weight excluding hydrogens is 539 g/mol. The lowest BCUT2D eigenvalue weighted by Gasteiger charge is -2.30. The molecule has 1 fully saturated rings. The second-order valence-electron chi connectivity index (χ2n) is 10.7. The van der Waals surface area contributed by atoms with Crippen molar-refractivity contribution in [1.29, 1.82) is 0 Å². The van der Waals surface area contributed by atoms with Crippen molar-refractivity contribution in [2.24, 2.45) is 0 Å². The van der Waals surface area contributed by atoms with Crippen LogP contribution in [0.5, 0.6) is 0 Å². The molecule has 2 aromatic rings. The summed E-state index contributed by atoms with van der Waals surface area (Å²) in [7, 11) is -3.89. The van der Waals surface area contributed by atoms with E-state index in [0.717, 1.165) is 51.4 Å². The summed E-state index contributed by atoms with van der Waals surface area (Å²) in [4.78, 5) is 37.6. The average molecular weight is 583 g/mol. The molecule has 224 valence electrons. The number of hydrogen-bond acceptors (Lipinski definition) is 11. The quantitative estimate of drug-likeness (QED) is 0.157. The van der Waals surface area contributed by atoms with Crippen molar-refractivity contribution in [2.75, 3.05) is 25.3 Å². The van der Waals surface area contributed by atoms with E-state index < -0.39 is 44.1 Å². The fourth-order valence-corrected chi connectivity index (χ4v) is 6.33. The number of rotatable bonds is 17. The summed E-state index contributed by atoms with van der Waals surface area (Å²) in [5, 5.41) is 2.79. The van der Waals surface area contributed by atoms with Crippen LogP contribution < -0.4 is 10.8 Å².